The lowest BCUT2D eigenvalue weighted by Crippen LogP contribution is -2.03. The molecule has 8 heteroatoms. The van der Waals surface area contributed by atoms with Gasteiger partial charge in [-0.2, -0.15) is 0 Å². The Bertz CT molecular complexity index is 892. The van der Waals surface area contributed by atoms with E-state index in [-0.39, 0.29) is 5.75 Å². The quantitative estimate of drug-likeness (QED) is 0.700. The topological polar surface area (TPSA) is 85.9 Å². The Hall–Kier alpha value is -1.90. The Balaban J connectivity index is 1.76. The zero-order valence-electron chi connectivity index (χ0n) is 11.9. The van der Waals surface area contributed by atoms with Crippen molar-refractivity contribution < 1.29 is 8.42 Å². The molecule has 2 N–H and O–H groups in total. The highest BCUT2D eigenvalue weighted by atomic mass is 32.2. The maximum absolute atomic E-state index is 12.4. The number of sulfone groups is 1. The molecule has 2 aromatic heterocycles. The molecular formula is C15H13N3O2S3. The van der Waals surface area contributed by atoms with Crippen LogP contribution >= 0.6 is 23.1 Å². The number of hydrogen-bond acceptors (Lipinski definition) is 7. The number of aromatic nitrogens is 2. The molecule has 0 bridgehead atoms. The molecule has 118 valence electrons. The van der Waals surface area contributed by atoms with Crippen molar-refractivity contribution in [2.24, 2.45) is 0 Å². The molecule has 0 saturated carbocycles. The highest BCUT2D eigenvalue weighted by molar-refractivity contribution is 7.99. The number of thiophene rings is 1. The minimum Gasteiger partial charge on any atom is -0.384 e. The Labute approximate surface area is 142 Å². The van der Waals surface area contributed by atoms with Crippen LogP contribution in [0.3, 0.4) is 0 Å². The summed E-state index contributed by atoms with van der Waals surface area (Å²) in [5, 5.41) is 2.40. The van der Waals surface area contributed by atoms with Gasteiger partial charge in [-0.15, -0.1) is 11.3 Å². The van der Waals surface area contributed by atoms with Crippen LogP contribution in [0.1, 0.15) is 4.88 Å². The van der Waals surface area contributed by atoms with E-state index in [1.54, 1.807) is 36.5 Å². The maximum atomic E-state index is 12.4. The van der Waals surface area contributed by atoms with E-state index < -0.39 is 9.84 Å². The minimum absolute atomic E-state index is 0.0233. The lowest BCUT2D eigenvalue weighted by molar-refractivity contribution is 0.595. The second-order valence-electron chi connectivity index (χ2n) is 4.68. The van der Waals surface area contributed by atoms with Crippen molar-refractivity contribution in [2.75, 3.05) is 5.73 Å². The van der Waals surface area contributed by atoms with Crippen molar-refractivity contribution in [2.45, 2.75) is 20.7 Å². The maximum Gasteiger partial charge on any atom is 0.194 e. The molecule has 0 atom stereocenters. The summed E-state index contributed by atoms with van der Waals surface area (Å²) in [5.41, 5.74) is 5.62. The first-order valence-corrected chi connectivity index (χ1v) is 9.99. The highest BCUT2D eigenvalue weighted by Gasteiger charge is 2.16. The van der Waals surface area contributed by atoms with Crippen LogP contribution in [0.2, 0.25) is 0 Å². The van der Waals surface area contributed by atoms with Crippen molar-refractivity contribution in [3.05, 3.63) is 58.9 Å². The molecule has 0 amide bonds. The van der Waals surface area contributed by atoms with Crippen LogP contribution in [-0.2, 0) is 15.6 Å². The second kappa shape index (κ2) is 6.69. The summed E-state index contributed by atoms with van der Waals surface area (Å²) in [6, 6.07) is 12.0. The van der Waals surface area contributed by atoms with E-state index in [4.69, 9.17) is 5.73 Å². The van der Waals surface area contributed by atoms with Gasteiger partial charge < -0.3 is 5.73 Å². The zero-order valence-corrected chi connectivity index (χ0v) is 14.4. The van der Waals surface area contributed by atoms with Crippen molar-refractivity contribution >= 4 is 38.8 Å². The van der Waals surface area contributed by atoms with Gasteiger partial charge in [0, 0.05) is 16.0 Å². The summed E-state index contributed by atoms with van der Waals surface area (Å²) in [6.07, 6.45) is 1.59. The number of benzene rings is 1. The van der Waals surface area contributed by atoms with Crippen molar-refractivity contribution in [1.29, 1.82) is 0 Å². The largest absolute Gasteiger partial charge is 0.384 e. The fraction of sp³-hybridized carbons (Fsp3) is 0.0667. The summed E-state index contributed by atoms with van der Waals surface area (Å²) >= 11 is 2.77. The molecule has 0 spiro atoms. The van der Waals surface area contributed by atoms with Crippen LogP contribution in [0.4, 0.5) is 5.82 Å². The van der Waals surface area contributed by atoms with E-state index >= 15 is 0 Å². The van der Waals surface area contributed by atoms with Crippen LogP contribution in [0.5, 0.6) is 0 Å². The molecule has 23 heavy (non-hydrogen) atoms. The molecule has 3 aromatic rings. The lowest BCUT2D eigenvalue weighted by atomic mass is 10.4. The van der Waals surface area contributed by atoms with E-state index in [0.29, 0.717) is 15.9 Å². The SMILES string of the molecule is Nc1ccnc(Sc2ccc(S(=O)(=O)Cc3cccs3)cc2)n1. The van der Waals surface area contributed by atoms with E-state index in [1.165, 1.54) is 23.1 Å². The number of anilines is 1. The normalized spacial score (nSPS) is 11.5. The number of nitrogens with zero attached hydrogens (tertiary/aromatic N) is 2. The van der Waals surface area contributed by atoms with E-state index in [2.05, 4.69) is 9.97 Å². The van der Waals surface area contributed by atoms with Crippen LogP contribution in [0.25, 0.3) is 0 Å². The van der Waals surface area contributed by atoms with Gasteiger partial charge in [0.25, 0.3) is 0 Å². The van der Waals surface area contributed by atoms with Crippen LogP contribution in [0, 0.1) is 0 Å². The van der Waals surface area contributed by atoms with Gasteiger partial charge in [0.15, 0.2) is 15.0 Å². The predicted octanol–water partition coefficient (Wildman–Crippen LogP) is 3.25. The lowest BCUT2D eigenvalue weighted by Gasteiger charge is -2.05. The summed E-state index contributed by atoms with van der Waals surface area (Å²) < 4.78 is 24.7. The highest BCUT2D eigenvalue weighted by Crippen LogP contribution is 2.27. The molecule has 2 heterocycles. The first-order chi connectivity index (χ1) is 11.0. The van der Waals surface area contributed by atoms with E-state index in [0.717, 1.165) is 9.77 Å². The van der Waals surface area contributed by atoms with Gasteiger partial charge in [0.1, 0.15) is 5.82 Å². The number of nitrogens with two attached hydrogens (primary N) is 1. The molecule has 0 fully saturated rings. The molecule has 0 radical (unpaired) electrons. The van der Waals surface area contributed by atoms with Gasteiger partial charge in [-0.1, -0.05) is 6.07 Å². The summed E-state index contributed by atoms with van der Waals surface area (Å²) in [5.74, 6) is 0.424. The summed E-state index contributed by atoms with van der Waals surface area (Å²) in [4.78, 5) is 10.2. The average molecular weight is 363 g/mol. The first kappa shape index (κ1) is 16.0. The van der Waals surface area contributed by atoms with Gasteiger partial charge in [-0.3, -0.25) is 0 Å². The van der Waals surface area contributed by atoms with E-state index in [1.807, 2.05) is 17.5 Å². The molecule has 5 nitrogen and oxygen atoms in total. The predicted molar refractivity (Wildman–Crippen MR) is 92.2 cm³/mol. The van der Waals surface area contributed by atoms with Gasteiger partial charge in [-0.25, -0.2) is 18.4 Å². The third-order valence-corrected chi connectivity index (χ3v) is 6.59. The Kier molecular flexibility index (Phi) is 4.65. The molecular weight excluding hydrogens is 350 g/mol. The van der Waals surface area contributed by atoms with Crippen molar-refractivity contribution in [3.63, 3.8) is 0 Å². The molecule has 3 rings (SSSR count). The third-order valence-electron chi connectivity index (χ3n) is 2.96. The fourth-order valence-corrected chi connectivity index (χ4v) is 5.05. The summed E-state index contributed by atoms with van der Waals surface area (Å²) in [7, 11) is -3.33. The first-order valence-electron chi connectivity index (χ1n) is 6.64. The molecule has 0 aliphatic rings. The Morgan fingerprint density at radius 1 is 1.13 bits per heavy atom. The molecule has 1 aromatic carbocycles. The Morgan fingerprint density at radius 2 is 1.91 bits per heavy atom. The van der Waals surface area contributed by atoms with Crippen LogP contribution in [0.15, 0.2) is 69.0 Å². The Morgan fingerprint density at radius 3 is 2.57 bits per heavy atom. The number of nitrogen functional groups attached to an aromatic ring is 1. The van der Waals surface area contributed by atoms with Crippen LogP contribution in [-0.4, -0.2) is 18.4 Å². The molecule has 0 aliphatic carbocycles. The monoisotopic (exact) mass is 363 g/mol. The fourth-order valence-electron chi connectivity index (χ4n) is 1.89. The van der Waals surface area contributed by atoms with E-state index in [9.17, 15) is 8.42 Å². The number of rotatable bonds is 5. The third kappa shape index (κ3) is 4.10. The molecule has 0 saturated heterocycles. The average Bonchev–Trinajstić information content (AvgIpc) is 3.00. The zero-order chi connectivity index (χ0) is 16.3. The minimum atomic E-state index is -3.33. The van der Waals surface area contributed by atoms with Crippen molar-refractivity contribution in [3.8, 4) is 0 Å². The summed E-state index contributed by atoms with van der Waals surface area (Å²) in [6.45, 7) is 0. The van der Waals surface area contributed by atoms with Gasteiger partial charge in [0.05, 0.1) is 10.6 Å². The standard InChI is InChI=1S/C15H13N3O2S3/c16-14-7-8-17-15(18-14)22-11-3-5-13(6-4-11)23(19,20)10-12-2-1-9-21-12/h1-9H,10H2,(H2,16,17,18). The smallest absolute Gasteiger partial charge is 0.194 e. The molecule has 0 aliphatic heterocycles. The molecule has 0 unspecified atom stereocenters. The second-order valence-corrected chi connectivity index (χ2v) is 8.74. The number of hydrogen-bond donors (Lipinski definition) is 1. The van der Waals surface area contributed by atoms with Crippen LogP contribution < -0.4 is 5.73 Å². The van der Waals surface area contributed by atoms with Crippen molar-refractivity contribution in [1.82, 2.24) is 9.97 Å². The van der Waals surface area contributed by atoms with Gasteiger partial charge in [-0.05, 0) is 53.5 Å². The van der Waals surface area contributed by atoms with Gasteiger partial charge in [0.2, 0.25) is 0 Å². The van der Waals surface area contributed by atoms with Gasteiger partial charge >= 0.3 is 0 Å².